The number of aryl methyl sites for hydroxylation is 1. The lowest BCUT2D eigenvalue weighted by Crippen LogP contribution is -2.39. The standard InChI is InChI=1S/C19H22FN3O4/c1-12-11-23(15-4-2-14(20)3-5-15)22-17(12)18(24)21-10-16(19(25)26)13-6-8-27-9-7-13/h2-5,11,13,16H,6-10H2,1H3,(H,21,24)(H,25,26). The van der Waals surface area contributed by atoms with Crippen molar-refractivity contribution in [3.05, 3.63) is 47.5 Å². The highest BCUT2D eigenvalue weighted by atomic mass is 19.1. The van der Waals surface area contributed by atoms with Crippen LogP contribution in [0.3, 0.4) is 0 Å². The summed E-state index contributed by atoms with van der Waals surface area (Å²) in [7, 11) is 0. The van der Waals surface area contributed by atoms with E-state index in [4.69, 9.17) is 4.74 Å². The summed E-state index contributed by atoms with van der Waals surface area (Å²) in [6.45, 7) is 2.88. The summed E-state index contributed by atoms with van der Waals surface area (Å²) in [4.78, 5) is 24.1. The van der Waals surface area contributed by atoms with Gasteiger partial charge in [-0.05, 0) is 49.9 Å². The lowest BCUT2D eigenvalue weighted by atomic mass is 9.86. The summed E-state index contributed by atoms with van der Waals surface area (Å²) in [5, 5.41) is 16.5. The van der Waals surface area contributed by atoms with E-state index in [1.807, 2.05) is 0 Å². The third-order valence-corrected chi connectivity index (χ3v) is 4.84. The van der Waals surface area contributed by atoms with E-state index >= 15 is 0 Å². The largest absolute Gasteiger partial charge is 0.481 e. The van der Waals surface area contributed by atoms with Gasteiger partial charge in [-0.1, -0.05) is 0 Å². The zero-order chi connectivity index (χ0) is 19.4. The number of nitrogens with one attached hydrogen (secondary N) is 1. The maximum Gasteiger partial charge on any atom is 0.308 e. The van der Waals surface area contributed by atoms with Gasteiger partial charge in [0.25, 0.3) is 5.91 Å². The highest BCUT2D eigenvalue weighted by Crippen LogP contribution is 2.24. The molecule has 0 radical (unpaired) electrons. The molecule has 0 saturated carbocycles. The Balaban J connectivity index is 1.68. The van der Waals surface area contributed by atoms with Crippen LogP contribution in [0.5, 0.6) is 0 Å². The van der Waals surface area contributed by atoms with Crippen molar-refractivity contribution in [1.29, 1.82) is 0 Å². The molecule has 0 bridgehead atoms. The molecule has 27 heavy (non-hydrogen) atoms. The molecule has 2 aromatic rings. The molecule has 0 spiro atoms. The second-order valence-electron chi connectivity index (χ2n) is 6.69. The molecule has 1 amide bonds. The van der Waals surface area contributed by atoms with Crippen molar-refractivity contribution in [2.24, 2.45) is 11.8 Å². The number of amides is 1. The van der Waals surface area contributed by atoms with Gasteiger partial charge in [0.15, 0.2) is 5.69 Å². The molecule has 7 nitrogen and oxygen atoms in total. The molecule has 1 unspecified atom stereocenters. The number of aromatic nitrogens is 2. The summed E-state index contributed by atoms with van der Waals surface area (Å²) in [5.41, 5.74) is 1.49. The third-order valence-electron chi connectivity index (χ3n) is 4.84. The topological polar surface area (TPSA) is 93.5 Å². The van der Waals surface area contributed by atoms with E-state index in [0.29, 0.717) is 37.3 Å². The molecule has 0 aliphatic carbocycles. The minimum Gasteiger partial charge on any atom is -0.481 e. The Bertz CT molecular complexity index is 813. The highest BCUT2D eigenvalue weighted by molar-refractivity contribution is 5.93. The molecule has 8 heteroatoms. The molecule has 144 valence electrons. The second kappa shape index (κ2) is 8.30. The van der Waals surface area contributed by atoms with Gasteiger partial charge in [0.2, 0.25) is 0 Å². The van der Waals surface area contributed by atoms with Crippen LogP contribution in [0, 0.1) is 24.6 Å². The van der Waals surface area contributed by atoms with Gasteiger partial charge in [-0.25, -0.2) is 9.07 Å². The fraction of sp³-hybridized carbons (Fsp3) is 0.421. The number of nitrogens with zero attached hydrogens (tertiary/aromatic N) is 2. The van der Waals surface area contributed by atoms with Crippen molar-refractivity contribution >= 4 is 11.9 Å². The van der Waals surface area contributed by atoms with Gasteiger partial charge >= 0.3 is 5.97 Å². The maximum absolute atomic E-state index is 13.1. The first-order chi connectivity index (χ1) is 13.0. The van der Waals surface area contributed by atoms with Crippen LogP contribution in [0.2, 0.25) is 0 Å². The highest BCUT2D eigenvalue weighted by Gasteiger charge is 2.30. The molecule has 3 rings (SSSR count). The van der Waals surface area contributed by atoms with Gasteiger partial charge in [0, 0.05) is 31.5 Å². The van der Waals surface area contributed by atoms with Crippen LogP contribution in [0.1, 0.15) is 28.9 Å². The van der Waals surface area contributed by atoms with E-state index in [9.17, 15) is 19.1 Å². The first-order valence-corrected chi connectivity index (χ1v) is 8.86. The van der Waals surface area contributed by atoms with E-state index in [0.717, 1.165) is 0 Å². The fourth-order valence-electron chi connectivity index (χ4n) is 3.27. The van der Waals surface area contributed by atoms with Gasteiger partial charge in [-0.15, -0.1) is 0 Å². The van der Waals surface area contributed by atoms with Crippen molar-refractivity contribution in [2.75, 3.05) is 19.8 Å². The molecule has 1 aromatic heterocycles. The van der Waals surface area contributed by atoms with Crippen LogP contribution in [-0.2, 0) is 9.53 Å². The Labute approximate surface area is 156 Å². The van der Waals surface area contributed by atoms with Gasteiger partial charge in [0.1, 0.15) is 5.82 Å². The van der Waals surface area contributed by atoms with Crippen LogP contribution >= 0.6 is 0 Å². The van der Waals surface area contributed by atoms with Crippen LogP contribution in [0.15, 0.2) is 30.5 Å². The summed E-state index contributed by atoms with van der Waals surface area (Å²) in [6.07, 6.45) is 3.02. The van der Waals surface area contributed by atoms with Crippen molar-refractivity contribution < 1.29 is 23.8 Å². The van der Waals surface area contributed by atoms with Crippen molar-refractivity contribution in [1.82, 2.24) is 15.1 Å². The van der Waals surface area contributed by atoms with E-state index in [1.165, 1.54) is 16.8 Å². The van der Waals surface area contributed by atoms with E-state index in [-0.39, 0.29) is 24.0 Å². The number of hydrogen-bond donors (Lipinski definition) is 2. The Morgan fingerprint density at radius 2 is 2.00 bits per heavy atom. The minimum absolute atomic E-state index is 0.0191. The molecule has 1 aliphatic rings. The molecule has 1 aromatic carbocycles. The fourth-order valence-corrected chi connectivity index (χ4v) is 3.27. The van der Waals surface area contributed by atoms with Crippen LogP contribution in [0.4, 0.5) is 4.39 Å². The summed E-state index contributed by atoms with van der Waals surface area (Å²) in [6, 6.07) is 5.76. The quantitative estimate of drug-likeness (QED) is 0.807. The molecular weight excluding hydrogens is 353 g/mol. The van der Waals surface area contributed by atoms with Crippen LogP contribution < -0.4 is 5.32 Å². The van der Waals surface area contributed by atoms with Gasteiger partial charge in [-0.2, -0.15) is 5.10 Å². The van der Waals surface area contributed by atoms with Gasteiger partial charge in [-0.3, -0.25) is 9.59 Å². The molecule has 1 saturated heterocycles. The number of aliphatic carboxylic acids is 1. The van der Waals surface area contributed by atoms with Crippen LogP contribution in [0.25, 0.3) is 5.69 Å². The lowest BCUT2D eigenvalue weighted by molar-refractivity contribution is -0.144. The number of rotatable bonds is 6. The number of carbonyl (C=O) groups is 2. The number of carboxylic acids is 1. The monoisotopic (exact) mass is 375 g/mol. The zero-order valence-corrected chi connectivity index (χ0v) is 15.0. The average Bonchev–Trinajstić information content (AvgIpc) is 3.05. The van der Waals surface area contributed by atoms with Crippen molar-refractivity contribution in [3.8, 4) is 5.69 Å². The first-order valence-electron chi connectivity index (χ1n) is 8.86. The Hall–Kier alpha value is -2.74. The number of ether oxygens (including phenoxy) is 1. The predicted molar refractivity (Wildman–Crippen MR) is 95.3 cm³/mol. The lowest BCUT2D eigenvalue weighted by Gasteiger charge is -2.27. The van der Waals surface area contributed by atoms with E-state index in [2.05, 4.69) is 10.4 Å². The number of carboxylic acid groups (broad SMARTS) is 1. The Kier molecular flexibility index (Phi) is 5.85. The van der Waals surface area contributed by atoms with Crippen molar-refractivity contribution in [3.63, 3.8) is 0 Å². The number of carbonyl (C=O) groups excluding carboxylic acids is 1. The third kappa shape index (κ3) is 4.51. The summed E-state index contributed by atoms with van der Waals surface area (Å²) in [5.74, 6) is -2.37. The molecule has 1 atom stereocenters. The van der Waals surface area contributed by atoms with Crippen LogP contribution in [-0.4, -0.2) is 46.5 Å². The van der Waals surface area contributed by atoms with Gasteiger partial charge in [0.05, 0.1) is 11.6 Å². The SMILES string of the molecule is Cc1cn(-c2ccc(F)cc2)nc1C(=O)NCC(C(=O)O)C1CCOCC1. The minimum atomic E-state index is -0.921. The molecule has 2 N–H and O–H groups in total. The first kappa shape index (κ1) is 19.0. The molecular formula is C19H22FN3O4. The zero-order valence-electron chi connectivity index (χ0n) is 15.0. The Morgan fingerprint density at radius 3 is 2.63 bits per heavy atom. The number of hydrogen-bond acceptors (Lipinski definition) is 4. The summed E-state index contributed by atoms with van der Waals surface area (Å²) < 4.78 is 19.8. The normalized spacial score (nSPS) is 16.1. The number of halogens is 1. The number of benzene rings is 1. The van der Waals surface area contributed by atoms with Crippen molar-refractivity contribution in [2.45, 2.75) is 19.8 Å². The molecule has 2 heterocycles. The molecule has 1 fully saturated rings. The summed E-state index contributed by atoms with van der Waals surface area (Å²) >= 11 is 0. The van der Waals surface area contributed by atoms with E-state index in [1.54, 1.807) is 25.3 Å². The Morgan fingerprint density at radius 1 is 1.33 bits per heavy atom. The molecule has 1 aliphatic heterocycles. The van der Waals surface area contributed by atoms with E-state index < -0.39 is 17.8 Å². The van der Waals surface area contributed by atoms with Gasteiger partial charge < -0.3 is 15.2 Å². The maximum atomic E-state index is 13.1. The smallest absolute Gasteiger partial charge is 0.308 e. The predicted octanol–water partition coefficient (Wildman–Crippen LogP) is 2.18. The second-order valence-corrected chi connectivity index (χ2v) is 6.69. The average molecular weight is 375 g/mol.